The molecule has 12 heteroatoms. The molecule has 0 spiro atoms. The number of carboxylic acids is 1. The summed E-state index contributed by atoms with van der Waals surface area (Å²) in [5, 5.41) is 9.77. The summed E-state index contributed by atoms with van der Waals surface area (Å²) in [6.45, 7) is 0. The lowest BCUT2D eigenvalue weighted by atomic mass is 10.2. The first-order valence-electron chi connectivity index (χ1n) is 7.78. The third-order valence-electron chi connectivity index (χ3n) is 3.32. The van der Waals surface area contributed by atoms with E-state index < -0.39 is 5.97 Å². The monoisotopic (exact) mass is 438 g/mol. The zero-order chi connectivity index (χ0) is 21.0. The maximum atomic E-state index is 11.9. The van der Waals surface area contributed by atoms with Crippen LogP contribution in [0.5, 0.6) is 35.3 Å². The van der Waals surface area contributed by atoms with E-state index in [1.807, 2.05) is 0 Å². The molecule has 0 aliphatic heterocycles. The maximum absolute atomic E-state index is 11.9. The summed E-state index contributed by atoms with van der Waals surface area (Å²) in [4.78, 5) is 27.6. The van der Waals surface area contributed by atoms with Gasteiger partial charge in [-0.05, 0) is 12.1 Å². The second-order valence-corrected chi connectivity index (χ2v) is 5.94. The van der Waals surface area contributed by atoms with Crippen LogP contribution in [0.4, 0.5) is 0 Å². The Morgan fingerprint density at radius 1 is 0.862 bits per heavy atom. The molecule has 0 atom stereocenters. The van der Waals surface area contributed by atoms with Crippen molar-refractivity contribution >= 4 is 29.2 Å². The highest BCUT2D eigenvalue weighted by Gasteiger charge is 2.21. The predicted molar refractivity (Wildman–Crippen MR) is 101 cm³/mol. The molecule has 0 saturated carbocycles. The molecule has 29 heavy (non-hydrogen) atoms. The molecule has 3 rings (SSSR count). The standard InChI is InChI=1S/C17H12Cl2N4O6/c1-26-12-6-10(18)20-16(22-12)28-8-4-3-5-9(14(8)15(24)25)29-17-21-11(19)7-13(23-17)27-2/h3-7H,1-2H3,(H,24,25). The fourth-order valence-corrected chi connectivity index (χ4v) is 2.47. The van der Waals surface area contributed by atoms with Gasteiger partial charge in [-0.25, -0.2) is 4.79 Å². The Labute approximate surface area is 174 Å². The minimum Gasteiger partial charge on any atom is -0.481 e. The normalized spacial score (nSPS) is 10.3. The third-order valence-corrected chi connectivity index (χ3v) is 3.71. The fraction of sp³-hybridized carbons (Fsp3) is 0.118. The van der Waals surface area contributed by atoms with Gasteiger partial charge in [-0.2, -0.15) is 19.9 Å². The summed E-state index contributed by atoms with van der Waals surface area (Å²) in [5.41, 5.74) is -0.322. The number of halogens is 2. The summed E-state index contributed by atoms with van der Waals surface area (Å²) in [7, 11) is 2.78. The number of methoxy groups -OCH3 is 2. The quantitative estimate of drug-likeness (QED) is 0.542. The van der Waals surface area contributed by atoms with Gasteiger partial charge in [0.05, 0.1) is 14.2 Å². The maximum Gasteiger partial charge on any atom is 0.343 e. The molecule has 0 radical (unpaired) electrons. The van der Waals surface area contributed by atoms with Crippen molar-refractivity contribution in [2.24, 2.45) is 0 Å². The van der Waals surface area contributed by atoms with E-state index in [1.165, 1.54) is 44.6 Å². The molecule has 10 nitrogen and oxygen atoms in total. The molecule has 0 aliphatic rings. The topological polar surface area (TPSA) is 126 Å². The van der Waals surface area contributed by atoms with Crippen LogP contribution in [0.3, 0.4) is 0 Å². The van der Waals surface area contributed by atoms with E-state index in [0.29, 0.717) is 0 Å². The molecule has 0 unspecified atom stereocenters. The second kappa shape index (κ2) is 8.76. The second-order valence-electron chi connectivity index (χ2n) is 5.17. The van der Waals surface area contributed by atoms with Gasteiger partial charge in [0.1, 0.15) is 27.4 Å². The van der Waals surface area contributed by atoms with Crippen molar-refractivity contribution in [3.63, 3.8) is 0 Å². The van der Waals surface area contributed by atoms with Gasteiger partial charge >= 0.3 is 18.0 Å². The number of nitrogens with zero attached hydrogens (tertiary/aromatic N) is 4. The molecule has 2 heterocycles. The lowest BCUT2D eigenvalue weighted by molar-refractivity contribution is 0.0691. The van der Waals surface area contributed by atoms with Crippen molar-refractivity contribution in [2.45, 2.75) is 0 Å². The third kappa shape index (κ3) is 4.92. The van der Waals surface area contributed by atoms with Crippen LogP contribution in [-0.2, 0) is 0 Å². The van der Waals surface area contributed by atoms with E-state index in [0.717, 1.165) is 0 Å². The number of ether oxygens (including phenoxy) is 4. The van der Waals surface area contributed by atoms with Crippen LogP contribution in [-0.4, -0.2) is 45.2 Å². The highest BCUT2D eigenvalue weighted by molar-refractivity contribution is 6.29. The number of rotatable bonds is 7. The molecule has 1 aromatic carbocycles. The number of benzene rings is 1. The van der Waals surface area contributed by atoms with Crippen LogP contribution in [0.2, 0.25) is 10.3 Å². The van der Waals surface area contributed by atoms with Crippen LogP contribution in [0.15, 0.2) is 30.3 Å². The molecule has 150 valence electrons. The average molecular weight is 439 g/mol. The van der Waals surface area contributed by atoms with Gasteiger partial charge in [0.25, 0.3) is 0 Å². The number of aromatic carboxylic acids is 1. The number of hydrogen-bond donors (Lipinski definition) is 1. The summed E-state index contributed by atoms with van der Waals surface area (Å²) in [5.74, 6) is -1.26. The van der Waals surface area contributed by atoms with Crippen LogP contribution in [0.1, 0.15) is 10.4 Å². The molecule has 2 aromatic heterocycles. The first-order valence-corrected chi connectivity index (χ1v) is 8.54. The summed E-state index contributed by atoms with van der Waals surface area (Å²) >= 11 is 11.8. The molecule has 0 fully saturated rings. The van der Waals surface area contributed by atoms with E-state index in [1.54, 1.807) is 0 Å². The van der Waals surface area contributed by atoms with E-state index in [4.69, 9.17) is 42.1 Å². The van der Waals surface area contributed by atoms with Gasteiger partial charge in [-0.15, -0.1) is 0 Å². The largest absolute Gasteiger partial charge is 0.481 e. The molecule has 0 bridgehead atoms. The number of hydrogen-bond acceptors (Lipinski definition) is 9. The first kappa shape index (κ1) is 20.4. The SMILES string of the molecule is COc1cc(Cl)nc(Oc2cccc(Oc3nc(Cl)cc(OC)n3)c2C(=O)O)n1. The van der Waals surface area contributed by atoms with E-state index >= 15 is 0 Å². The van der Waals surface area contributed by atoms with Gasteiger partial charge in [0.15, 0.2) is 0 Å². The smallest absolute Gasteiger partial charge is 0.343 e. The molecular formula is C17H12Cl2N4O6. The lowest BCUT2D eigenvalue weighted by Crippen LogP contribution is -2.05. The highest BCUT2D eigenvalue weighted by Crippen LogP contribution is 2.34. The Balaban J connectivity index is 1.99. The van der Waals surface area contributed by atoms with E-state index in [-0.39, 0.29) is 51.1 Å². The zero-order valence-electron chi connectivity index (χ0n) is 14.9. The van der Waals surface area contributed by atoms with Crippen LogP contribution in [0, 0.1) is 0 Å². The average Bonchev–Trinajstić information content (AvgIpc) is 2.66. The molecule has 0 aliphatic carbocycles. The number of aromatic nitrogens is 4. The molecular weight excluding hydrogens is 427 g/mol. The Kier molecular flexibility index (Phi) is 6.15. The number of carboxylic acid groups (broad SMARTS) is 1. The minimum atomic E-state index is -1.33. The molecule has 3 aromatic rings. The minimum absolute atomic E-state index is 0.0514. The van der Waals surface area contributed by atoms with Gasteiger partial charge in [0, 0.05) is 12.1 Å². The van der Waals surface area contributed by atoms with Crippen molar-refractivity contribution in [3.8, 4) is 35.3 Å². The van der Waals surface area contributed by atoms with E-state index in [9.17, 15) is 9.90 Å². The molecule has 0 saturated heterocycles. The summed E-state index contributed by atoms with van der Waals surface area (Å²) in [6, 6.07) is 6.61. The summed E-state index contributed by atoms with van der Waals surface area (Å²) in [6.07, 6.45) is 0. The van der Waals surface area contributed by atoms with Crippen molar-refractivity contribution in [3.05, 3.63) is 46.2 Å². The Bertz CT molecular complexity index is 992. The fourth-order valence-electron chi connectivity index (χ4n) is 2.14. The van der Waals surface area contributed by atoms with Gasteiger partial charge in [-0.1, -0.05) is 29.3 Å². The van der Waals surface area contributed by atoms with Crippen LogP contribution < -0.4 is 18.9 Å². The zero-order valence-corrected chi connectivity index (χ0v) is 16.4. The Hall–Kier alpha value is -3.37. The predicted octanol–water partition coefficient (Wildman–Crippen LogP) is 3.87. The van der Waals surface area contributed by atoms with Crippen LogP contribution >= 0.6 is 23.2 Å². The van der Waals surface area contributed by atoms with Crippen molar-refractivity contribution in [1.82, 2.24) is 19.9 Å². The summed E-state index contributed by atoms with van der Waals surface area (Å²) < 4.78 is 21.0. The van der Waals surface area contributed by atoms with Crippen LogP contribution in [0.25, 0.3) is 0 Å². The van der Waals surface area contributed by atoms with Crippen molar-refractivity contribution < 1.29 is 28.8 Å². The lowest BCUT2D eigenvalue weighted by Gasteiger charge is -2.12. The first-order chi connectivity index (χ1) is 13.9. The molecule has 0 amide bonds. The highest BCUT2D eigenvalue weighted by atomic mass is 35.5. The van der Waals surface area contributed by atoms with Crippen molar-refractivity contribution in [2.75, 3.05) is 14.2 Å². The van der Waals surface area contributed by atoms with Crippen molar-refractivity contribution in [1.29, 1.82) is 0 Å². The Morgan fingerprint density at radius 2 is 1.31 bits per heavy atom. The van der Waals surface area contributed by atoms with Gasteiger partial charge in [-0.3, -0.25) is 0 Å². The molecule has 1 N–H and O–H groups in total. The van der Waals surface area contributed by atoms with Gasteiger partial charge in [0.2, 0.25) is 11.8 Å². The number of carbonyl (C=O) groups is 1. The van der Waals surface area contributed by atoms with Gasteiger partial charge < -0.3 is 24.1 Å². The Morgan fingerprint density at radius 3 is 1.69 bits per heavy atom. The van der Waals surface area contributed by atoms with E-state index in [2.05, 4.69) is 19.9 Å².